The molecule has 54 valence electrons. The van der Waals surface area contributed by atoms with Crippen LogP contribution in [-0.4, -0.2) is 30.3 Å². The second-order valence-corrected chi connectivity index (χ2v) is 2.69. The monoisotopic (exact) mass is 130 g/mol. The van der Waals surface area contributed by atoms with Crippen molar-refractivity contribution >= 4 is 0 Å². The van der Waals surface area contributed by atoms with Gasteiger partial charge in [-0.3, -0.25) is 0 Å². The molecule has 0 aromatic carbocycles. The van der Waals surface area contributed by atoms with E-state index in [9.17, 15) is 5.11 Å². The summed E-state index contributed by atoms with van der Waals surface area (Å²) in [7, 11) is 0. The first-order chi connectivity index (χ1) is 4.27. The average Bonchev–Trinajstić information content (AvgIpc) is 2.50. The Bertz CT molecular complexity index is 91.1. The van der Waals surface area contributed by atoms with Crippen LogP contribution in [0.25, 0.3) is 0 Å². The minimum atomic E-state index is -0.366. The van der Waals surface area contributed by atoms with E-state index in [0.717, 1.165) is 19.4 Å². The van der Waals surface area contributed by atoms with Gasteiger partial charge in [-0.2, -0.15) is 0 Å². The zero-order valence-electron chi connectivity index (χ0n) is 5.56. The van der Waals surface area contributed by atoms with E-state index in [1.165, 1.54) is 0 Å². The van der Waals surface area contributed by atoms with Crippen molar-refractivity contribution in [2.45, 2.75) is 18.4 Å². The largest absolute Gasteiger partial charge is 0.389 e. The number of nitrogens with two attached hydrogens (primary N) is 1. The summed E-state index contributed by atoms with van der Waals surface area (Å²) in [5, 5.41) is 12.3. The van der Waals surface area contributed by atoms with E-state index in [4.69, 9.17) is 5.73 Å². The first-order valence-corrected chi connectivity index (χ1v) is 3.40. The maximum atomic E-state index is 9.25. The standard InChI is InChI=1S/C6H14N2O/c7-3-4-8-5-6(9)1-2-6/h8-9H,1-5,7H2. The normalized spacial score (nSPS) is 22.0. The molecule has 0 spiro atoms. The molecule has 0 aromatic heterocycles. The second-order valence-electron chi connectivity index (χ2n) is 2.69. The van der Waals surface area contributed by atoms with E-state index in [2.05, 4.69) is 5.32 Å². The fourth-order valence-electron chi connectivity index (χ4n) is 0.744. The molecule has 1 fully saturated rings. The van der Waals surface area contributed by atoms with Crippen LogP contribution in [0.2, 0.25) is 0 Å². The highest BCUT2D eigenvalue weighted by Gasteiger charge is 2.39. The van der Waals surface area contributed by atoms with Crippen LogP contribution in [0.3, 0.4) is 0 Å². The van der Waals surface area contributed by atoms with Crippen molar-refractivity contribution in [2.75, 3.05) is 19.6 Å². The van der Waals surface area contributed by atoms with Crippen LogP contribution in [0.5, 0.6) is 0 Å². The topological polar surface area (TPSA) is 58.3 Å². The zero-order valence-corrected chi connectivity index (χ0v) is 5.56. The quantitative estimate of drug-likeness (QED) is 0.430. The molecule has 0 atom stereocenters. The molecule has 0 aliphatic heterocycles. The van der Waals surface area contributed by atoms with Crippen LogP contribution >= 0.6 is 0 Å². The molecule has 1 rings (SSSR count). The molecule has 0 saturated heterocycles. The maximum Gasteiger partial charge on any atom is 0.0773 e. The first kappa shape index (κ1) is 6.99. The van der Waals surface area contributed by atoms with Gasteiger partial charge in [-0.25, -0.2) is 0 Å². The molecule has 0 unspecified atom stereocenters. The Kier molecular flexibility index (Phi) is 2.05. The molecule has 4 N–H and O–H groups in total. The van der Waals surface area contributed by atoms with Gasteiger partial charge in [0.25, 0.3) is 0 Å². The molecular weight excluding hydrogens is 116 g/mol. The lowest BCUT2D eigenvalue weighted by Crippen LogP contribution is -2.31. The first-order valence-electron chi connectivity index (χ1n) is 3.40. The molecule has 1 saturated carbocycles. The average molecular weight is 130 g/mol. The SMILES string of the molecule is NCCNCC1(O)CC1. The van der Waals surface area contributed by atoms with E-state index < -0.39 is 0 Å². The predicted molar refractivity (Wildman–Crippen MR) is 36.1 cm³/mol. The zero-order chi connectivity index (χ0) is 6.74. The number of nitrogens with one attached hydrogen (secondary N) is 1. The van der Waals surface area contributed by atoms with Crippen molar-refractivity contribution < 1.29 is 5.11 Å². The molecule has 0 radical (unpaired) electrons. The van der Waals surface area contributed by atoms with E-state index >= 15 is 0 Å². The highest BCUT2D eigenvalue weighted by atomic mass is 16.3. The van der Waals surface area contributed by atoms with E-state index in [1.54, 1.807) is 0 Å². The highest BCUT2D eigenvalue weighted by molar-refractivity contribution is 4.94. The second kappa shape index (κ2) is 2.64. The number of hydrogen-bond acceptors (Lipinski definition) is 3. The Labute approximate surface area is 55.2 Å². The summed E-state index contributed by atoms with van der Waals surface area (Å²) in [6, 6.07) is 0. The molecule has 0 aromatic rings. The smallest absolute Gasteiger partial charge is 0.0773 e. The van der Waals surface area contributed by atoms with Gasteiger partial charge in [0.2, 0.25) is 0 Å². The third-order valence-electron chi connectivity index (χ3n) is 1.60. The molecule has 0 bridgehead atoms. The Hall–Kier alpha value is -0.120. The fraction of sp³-hybridized carbons (Fsp3) is 1.00. The molecule has 0 heterocycles. The lowest BCUT2D eigenvalue weighted by molar-refractivity contribution is 0.148. The summed E-state index contributed by atoms with van der Waals surface area (Å²) >= 11 is 0. The molecule has 9 heavy (non-hydrogen) atoms. The van der Waals surface area contributed by atoms with E-state index in [-0.39, 0.29) is 5.60 Å². The van der Waals surface area contributed by atoms with Crippen molar-refractivity contribution in [2.24, 2.45) is 5.73 Å². The number of rotatable bonds is 4. The molecule has 3 heteroatoms. The Morgan fingerprint density at radius 2 is 2.22 bits per heavy atom. The van der Waals surface area contributed by atoms with Crippen molar-refractivity contribution in [1.82, 2.24) is 5.32 Å². The fourth-order valence-corrected chi connectivity index (χ4v) is 0.744. The van der Waals surface area contributed by atoms with Gasteiger partial charge in [0.15, 0.2) is 0 Å². The lowest BCUT2D eigenvalue weighted by atomic mass is 10.3. The minimum absolute atomic E-state index is 0.366. The number of aliphatic hydroxyl groups is 1. The molecule has 1 aliphatic carbocycles. The third-order valence-corrected chi connectivity index (χ3v) is 1.60. The van der Waals surface area contributed by atoms with Gasteiger partial charge in [0, 0.05) is 19.6 Å². The van der Waals surface area contributed by atoms with Crippen molar-refractivity contribution in [3.05, 3.63) is 0 Å². The van der Waals surface area contributed by atoms with Crippen LogP contribution in [0.15, 0.2) is 0 Å². The van der Waals surface area contributed by atoms with Crippen LogP contribution in [0.1, 0.15) is 12.8 Å². The summed E-state index contributed by atoms with van der Waals surface area (Å²) in [5.74, 6) is 0. The maximum absolute atomic E-state index is 9.25. The molecule has 1 aliphatic rings. The van der Waals surface area contributed by atoms with Crippen molar-refractivity contribution in [3.8, 4) is 0 Å². The predicted octanol–water partition coefficient (Wildman–Crippen LogP) is -0.940. The molecular formula is C6H14N2O. The van der Waals surface area contributed by atoms with Gasteiger partial charge < -0.3 is 16.2 Å². The van der Waals surface area contributed by atoms with Crippen LogP contribution in [0, 0.1) is 0 Å². The van der Waals surface area contributed by atoms with Crippen LogP contribution in [0.4, 0.5) is 0 Å². The van der Waals surface area contributed by atoms with Crippen molar-refractivity contribution in [1.29, 1.82) is 0 Å². The van der Waals surface area contributed by atoms with Gasteiger partial charge in [-0.05, 0) is 12.8 Å². The van der Waals surface area contributed by atoms with Gasteiger partial charge in [-0.1, -0.05) is 0 Å². The van der Waals surface area contributed by atoms with Gasteiger partial charge in [0.1, 0.15) is 0 Å². The summed E-state index contributed by atoms with van der Waals surface area (Å²) in [4.78, 5) is 0. The van der Waals surface area contributed by atoms with Gasteiger partial charge >= 0.3 is 0 Å². The van der Waals surface area contributed by atoms with E-state index in [0.29, 0.717) is 13.1 Å². The van der Waals surface area contributed by atoms with Crippen molar-refractivity contribution in [3.63, 3.8) is 0 Å². The van der Waals surface area contributed by atoms with Gasteiger partial charge in [0.05, 0.1) is 5.60 Å². The molecule has 3 nitrogen and oxygen atoms in total. The molecule has 0 amide bonds. The Morgan fingerprint density at radius 1 is 1.56 bits per heavy atom. The van der Waals surface area contributed by atoms with Crippen LogP contribution in [-0.2, 0) is 0 Å². The third kappa shape index (κ3) is 2.30. The lowest BCUT2D eigenvalue weighted by Gasteiger charge is -2.06. The Balaban J connectivity index is 1.92. The Morgan fingerprint density at radius 3 is 2.67 bits per heavy atom. The minimum Gasteiger partial charge on any atom is -0.389 e. The summed E-state index contributed by atoms with van der Waals surface area (Å²) in [6.07, 6.45) is 1.90. The summed E-state index contributed by atoms with van der Waals surface area (Å²) < 4.78 is 0. The van der Waals surface area contributed by atoms with Gasteiger partial charge in [-0.15, -0.1) is 0 Å². The highest BCUT2D eigenvalue weighted by Crippen LogP contribution is 2.33. The van der Waals surface area contributed by atoms with E-state index in [1.807, 2.05) is 0 Å². The van der Waals surface area contributed by atoms with Crippen LogP contribution < -0.4 is 11.1 Å². The summed E-state index contributed by atoms with van der Waals surface area (Å²) in [5.41, 5.74) is 4.87. The number of hydrogen-bond donors (Lipinski definition) is 3. The summed E-state index contributed by atoms with van der Waals surface area (Å²) in [6.45, 7) is 2.17.